The van der Waals surface area contributed by atoms with Crippen molar-refractivity contribution in [2.24, 2.45) is 7.05 Å². The van der Waals surface area contributed by atoms with Crippen LogP contribution in [-0.2, 0) is 24.7 Å². The standard InChI is InChI=1S/C22H23FN4O2/c1-27-20(25-21(28)11-10-16-6-3-2-4-7-16)15-19(26-27)22(29)24-13-12-17-8-5-9-18(23)14-17/h2-9,14-15H,10-13H2,1H3,(H,24,29)(H,25,28). The maximum atomic E-state index is 13.2. The monoisotopic (exact) mass is 394 g/mol. The smallest absolute Gasteiger partial charge is 0.271 e. The number of hydrogen-bond donors (Lipinski definition) is 2. The Labute approximate surface area is 168 Å². The largest absolute Gasteiger partial charge is 0.350 e. The summed E-state index contributed by atoms with van der Waals surface area (Å²) in [6, 6.07) is 17.6. The van der Waals surface area contributed by atoms with E-state index in [4.69, 9.17) is 0 Å². The lowest BCUT2D eigenvalue weighted by Gasteiger charge is -2.05. The average Bonchev–Trinajstić information content (AvgIpc) is 3.07. The van der Waals surface area contributed by atoms with Gasteiger partial charge in [-0.3, -0.25) is 14.3 Å². The zero-order chi connectivity index (χ0) is 20.6. The molecule has 2 N–H and O–H groups in total. The topological polar surface area (TPSA) is 76.0 Å². The molecule has 7 heteroatoms. The third kappa shape index (κ3) is 6.00. The van der Waals surface area contributed by atoms with Crippen LogP contribution in [0.15, 0.2) is 60.7 Å². The van der Waals surface area contributed by atoms with Gasteiger partial charge in [-0.25, -0.2) is 4.39 Å². The van der Waals surface area contributed by atoms with Crippen LogP contribution >= 0.6 is 0 Å². The zero-order valence-electron chi connectivity index (χ0n) is 16.2. The van der Waals surface area contributed by atoms with Crippen LogP contribution in [0.1, 0.15) is 28.0 Å². The maximum Gasteiger partial charge on any atom is 0.271 e. The van der Waals surface area contributed by atoms with Gasteiger partial charge in [0.15, 0.2) is 5.69 Å². The van der Waals surface area contributed by atoms with Gasteiger partial charge in [0.1, 0.15) is 11.6 Å². The molecule has 2 amide bonds. The van der Waals surface area contributed by atoms with Crippen LogP contribution in [0.3, 0.4) is 0 Å². The van der Waals surface area contributed by atoms with E-state index in [9.17, 15) is 14.0 Å². The van der Waals surface area contributed by atoms with E-state index in [1.807, 2.05) is 30.3 Å². The van der Waals surface area contributed by atoms with Gasteiger partial charge in [-0.05, 0) is 36.1 Å². The molecule has 6 nitrogen and oxygen atoms in total. The van der Waals surface area contributed by atoms with E-state index < -0.39 is 0 Å². The van der Waals surface area contributed by atoms with Crippen LogP contribution < -0.4 is 10.6 Å². The molecule has 150 valence electrons. The normalized spacial score (nSPS) is 10.6. The summed E-state index contributed by atoms with van der Waals surface area (Å²) in [4.78, 5) is 24.5. The molecule has 0 aliphatic rings. The third-order valence-electron chi connectivity index (χ3n) is 4.45. The van der Waals surface area contributed by atoms with Gasteiger partial charge in [0.25, 0.3) is 5.91 Å². The molecule has 3 aromatic rings. The Hall–Kier alpha value is -3.48. The van der Waals surface area contributed by atoms with Crippen molar-refractivity contribution in [1.82, 2.24) is 15.1 Å². The van der Waals surface area contributed by atoms with Crippen molar-refractivity contribution >= 4 is 17.6 Å². The minimum absolute atomic E-state index is 0.144. The molecule has 29 heavy (non-hydrogen) atoms. The van der Waals surface area contributed by atoms with Gasteiger partial charge < -0.3 is 10.6 Å². The fourth-order valence-electron chi connectivity index (χ4n) is 2.91. The van der Waals surface area contributed by atoms with E-state index in [2.05, 4.69) is 15.7 Å². The summed E-state index contributed by atoms with van der Waals surface area (Å²) in [5, 5.41) is 9.69. The van der Waals surface area contributed by atoms with Gasteiger partial charge in [-0.2, -0.15) is 5.10 Å². The first-order chi connectivity index (χ1) is 14.0. The fraction of sp³-hybridized carbons (Fsp3) is 0.227. The molecule has 0 saturated carbocycles. The van der Waals surface area contributed by atoms with Gasteiger partial charge >= 0.3 is 0 Å². The number of carbonyl (C=O) groups excluding carboxylic acids is 2. The van der Waals surface area contributed by atoms with E-state index in [1.54, 1.807) is 19.2 Å². The number of nitrogens with zero attached hydrogens (tertiary/aromatic N) is 2. The Morgan fingerprint density at radius 1 is 1.00 bits per heavy atom. The molecule has 0 radical (unpaired) electrons. The first kappa shape index (κ1) is 20.3. The van der Waals surface area contributed by atoms with Crippen molar-refractivity contribution in [2.75, 3.05) is 11.9 Å². The predicted octanol–water partition coefficient (Wildman–Crippen LogP) is 3.10. The fourth-order valence-corrected chi connectivity index (χ4v) is 2.91. The van der Waals surface area contributed by atoms with Crippen LogP contribution in [0.4, 0.5) is 10.2 Å². The number of halogens is 1. The predicted molar refractivity (Wildman–Crippen MR) is 109 cm³/mol. The third-order valence-corrected chi connectivity index (χ3v) is 4.45. The zero-order valence-corrected chi connectivity index (χ0v) is 16.2. The van der Waals surface area contributed by atoms with Crippen molar-refractivity contribution in [1.29, 1.82) is 0 Å². The first-order valence-electron chi connectivity index (χ1n) is 9.42. The molecule has 3 rings (SSSR count). The van der Waals surface area contributed by atoms with Crippen LogP contribution in [0, 0.1) is 5.82 Å². The molecule has 0 aliphatic heterocycles. The quantitative estimate of drug-likeness (QED) is 0.616. The van der Waals surface area contributed by atoms with Crippen LogP contribution in [0.25, 0.3) is 0 Å². The summed E-state index contributed by atoms with van der Waals surface area (Å²) >= 11 is 0. The Bertz CT molecular complexity index is 985. The second-order valence-electron chi connectivity index (χ2n) is 6.71. The number of nitrogens with one attached hydrogen (secondary N) is 2. The summed E-state index contributed by atoms with van der Waals surface area (Å²) < 4.78 is 14.6. The molecule has 0 spiro atoms. The number of carbonyl (C=O) groups is 2. The van der Waals surface area contributed by atoms with Crippen LogP contribution in [0.2, 0.25) is 0 Å². The molecule has 0 fully saturated rings. The van der Waals surface area contributed by atoms with E-state index in [1.165, 1.54) is 22.9 Å². The van der Waals surface area contributed by atoms with E-state index >= 15 is 0 Å². The first-order valence-corrected chi connectivity index (χ1v) is 9.42. The SMILES string of the molecule is Cn1nc(C(=O)NCCc2cccc(F)c2)cc1NC(=O)CCc1ccccc1. The van der Waals surface area contributed by atoms with Crippen molar-refractivity contribution < 1.29 is 14.0 Å². The van der Waals surface area contributed by atoms with Crippen molar-refractivity contribution in [2.45, 2.75) is 19.3 Å². The summed E-state index contributed by atoms with van der Waals surface area (Å²) in [6.07, 6.45) is 1.49. The number of hydrogen-bond acceptors (Lipinski definition) is 3. The van der Waals surface area contributed by atoms with Crippen molar-refractivity contribution in [3.8, 4) is 0 Å². The highest BCUT2D eigenvalue weighted by Crippen LogP contribution is 2.11. The molecule has 0 saturated heterocycles. The summed E-state index contributed by atoms with van der Waals surface area (Å²) in [5.41, 5.74) is 2.11. The molecule has 1 heterocycles. The lowest BCUT2D eigenvalue weighted by molar-refractivity contribution is -0.116. The molecular formula is C22H23FN4O2. The van der Waals surface area contributed by atoms with E-state index in [0.717, 1.165) is 11.1 Å². The Kier molecular flexibility index (Phi) is 6.73. The highest BCUT2D eigenvalue weighted by Gasteiger charge is 2.14. The average molecular weight is 394 g/mol. The van der Waals surface area contributed by atoms with Gasteiger partial charge in [0.2, 0.25) is 5.91 Å². The van der Waals surface area contributed by atoms with E-state index in [0.29, 0.717) is 31.6 Å². The molecule has 0 aliphatic carbocycles. The van der Waals surface area contributed by atoms with E-state index in [-0.39, 0.29) is 23.3 Å². The molecular weight excluding hydrogens is 371 g/mol. The number of benzene rings is 2. The Balaban J connectivity index is 1.49. The number of aryl methyl sites for hydroxylation is 2. The number of aromatic nitrogens is 2. The number of rotatable bonds is 8. The minimum atomic E-state index is -0.346. The molecule has 0 atom stereocenters. The Morgan fingerprint density at radius 3 is 2.52 bits per heavy atom. The lowest BCUT2D eigenvalue weighted by atomic mass is 10.1. The number of amides is 2. The molecule has 0 unspecified atom stereocenters. The second kappa shape index (κ2) is 9.64. The van der Waals surface area contributed by atoms with Gasteiger partial charge in [-0.15, -0.1) is 0 Å². The van der Waals surface area contributed by atoms with Crippen LogP contribution in [0.5, 0.6) is 0 Å². The highest BCUT2D eigenvalue weighted by molar-refractivity contribution is 5.95. The van der Waals surface area contributed by atoms with Gasteiger partial charge in [0, 0.05) is 26.1 Å². The summed E-state index contributed by atoms with van der Waals surface area (Å²) in [6.45, 7) is 0.359. The molecule has 0 bridgehead atoms. The molecule has 1 aromatic heterocycles. The highest BCUT2D eigenvalue weighted by atomic mass is 19.1. The molecule has 2 aromatic carbocycles. The minimum Gasteiger partial charge on any atom is -0.350 e. The van der Waals surface area contributed by atoms with Gasteiger partial charge in [0.05, 0.1) is 0 Å². The van der Waals surface area contributed by atoms with Crippen LogP contribution in [-0.4, -0.2) is 28.1 Å². The summed E-state index contributed by atoms with van der Waals surface area (Å²) in [7, 11) is 1.66. The second-order valence-corrected chi connectivity index (χ2v) is 6.71. The van der Waals surface area contributed by atoms with Crippen molar-refractivity contribution in [3.05, 3.63) is 83.3 Å². The maximum absolute atomic E-state index is 13.2. The lowest BCUT2D eigenvalue weighted by Crippen LogP contribution is -2.26. The number of anilines is 1. The Morgan fingerprint density at radius 2 is 1.76 bits per heavy atom. The van der Waals surface area contributed by atoms with Crippen molar-refractivity contribution in [3.63, 3.8) is 0 Å². The summed E-state index contributed by atoms with van der Waals surface area (Å²) in [5.74, 6) is -0.332. The van der Waals surface area contributed by atoms with Gasteiger partial charge in [-0.1, -0.05) is 42.5 Å².